The first kappa shape index (κ1) is 50.2. The summed E-state index contributed by atoms with van der Waals surface area (Å²) in [7, 11) is 1.00. The van der Waals surface area contributed by atoms with Gasteiger partial charge in [-0.05, 0) is 78.9 Å². The zero-order chi connectivity index (χ0) is 42.9. The lowest BCUT2D eigenvalue weighted by molar-refractivity contribution is -0.306. The number of benzene rings is 3. The lowest BCUT2D eigenvalue weighted by atomic mass is 9.88. The summed E-state index contributed by atoms with van der Waals surface area (Å²) in [5, 5.41) is 92.0. The molecule has 11 N–H and O–H groups in total. The van der Waals surface area contributed by atoms with Gasteiger partial charge in [0.2, 0.25) is 0 Å². The normalized spacial score (nSPS) is 20.5. The van der Waals surface area contributed by atoms with Crippen LogP contribution < -0.4 is 10.1 Å². The third-order valence-corrected chi connectivity index (χ3v) is 8.11. The number of anilines is 1. The third-order valence-electron chi connectivity index (χ3n) is 8.11. The molecule has 18 heteroatoms. The van der Waals surface area contributed by atoms with Crippen molar-refractivity contribution in [2.24, 2.45) is 5.92 Å². The van der Waals surface area contributed by atoms with Gasteiger partial charge in [-0.3, -0.25) is 0 Å². The van der Waals surface area contributed by atoms with E-state index in [-0.39, 0.29) is 39.1 Å². The molecule has 1 aliphatic rings. The van der Waals surface area contributed by atoms with E-state index in [1.165, 1.54) is 54.6 Å². The number of rotatable bonds is 18. The standard InChI is InChI=1S/C34H39F2NO11.C2H6O2.C2H2O.CH4O/c35-22-8-3-19(4-9-22)26(47-34-31(43)29(41)30(42)32(48-34)33(44)45)16-7-21(18-39)28(37-24-12-10-23(36)11-13-24)20-5-14-25(15-6-20)46-27(40)2-1-17-38;3-1-2-4;1-2-3;1-2/h3-6,8-15,18,21,26-32,34,37-38,40-43H,1-2,7,16-17H2,(H,44,45);3-4H,1-2H2;1,3H;2H,1H3. The maximum absolute atomic E-state index is 13.8. The molecule has 9 atom stereocenters. The number of nitrogens with one attached hydrogen (secondary N) is 1. The first-order valence-electron chi connectivity index (χ1n) is 17.5. The first-order chi connectivity index (χ1) is 27.3. The Balaban J connectivity index is 0.00000165. The number of aliphatic hydroxyl groups is 9. The molecule has 3 aromatic carbocycles. The van der Waals surface area contributed by atoms with Crippen LogP contribution in [0.25, 0.3) is 0 Å². The lowest BCUT2D eigenvalue weighted by Crippen LogP contribution is -2.60. The molecule has 1 aliphatic heterocycles. The topological polar surface area (TPSA) is 276 Å². The molecule has 57 heavy (non-hydrogen) atoms. The molecule has 1 heterocycles. The van der Waals surface area contributed by atoms with Crippen LogP contribution in [0.15, 0.2) is 72.8 Å². The number of hydrogen-bond donors (Lipinski definition) is 11. The number of carbonyl (C=O) groups excluding carboxylic acids is 1. The van der Waals surface area contributed by atoms with Gasteiger partial charge in [0.15, 0.2) is 18.7 Å². The number of aliphatic hydroxyl groups excluding tert-OH is 9. The van der Waals surface area contributed by atoms with Crippen molar-refractivity contribution in [3.05, 3.63) is 95.6 Å². The number of carbonyl (C=O) groups is 2. The van der Waals surface area contributed by atoms with Gasteiger partial charge in [-0.25, -0.2) is 13.6 Å². The van der Waals surface area contributed by atoms with Crippen molar-refractivity contribution >= 4 is 17.9 Å². The van der Waals surface area contributed by atoms with Crippen molar-refractivity contribution in [1.29, 1.82) is 0 Å². The molecule has 316 valence electrons. The van der Waals surface area contributed by atoms with E-state index < -0.39 is 72.7 Å². The fraction of sp³-hybridized carbons (Fsp3) is 0.436. The molecule has 0 radical (unpaired) electrons. The number of terminal acetylenes is 1. The van der Waals surface area contributed by atoms with Crippen molar-refractivity contribution in [3.8, 4) is 18.3 Å². The number of carboxylic acid groups (broad SMARTS) is 1. The summed E-state index contributed by atoms with van der Waals surface area (Å²) >= 11 is 0. The summed E-state index contributed by atoms with van der Waals surface area (Å²) in [5.74, 6) is -3.03. The largest absolute Gasteiger partial charge is 0.479 e. The predicted molar refractivity (Wildman–Crippen MR) is 199 cm³/mol. The van der Waals surface area contributed by atoms with E-state index in [2.05, 4.69) is 11.7 Å². The third kappa shape index (κ3) is 17.1. The number of halogens is 2. The highest BCUT2D eigenvalue weighted by atomic mass is 19.1. The summed E-state index contributed by atoms with van der Waals surface area (Å²) in [6.45, 7) is -0.349. The molecule has 0 saturated carbocycles. The molecule has 3 aromatic rings. The van der Waals surface area contributed by atoms with E-state index in [1.807, 2.05) is 0 Å². The lowest BCUT2D eigenvalue weighted by Gasteiger charge is -2.40. The van der Waals surface area contributed by atoms with E-state index in [4.69, 9.17) is 39.7 Å². The van der Waals surface area contributed by atoms with Crippen LogP contribution in [0.4, 0.5) is 14.5 Å². The van der Waals surface area contributed by atoms with Gasteiger partial charge in [-0.2, -0.15) is 0 Å². The highest BCUT2D eigenvalue weighted by Gasteiger charge is 2.48. The maximum Gasteiger partial charge on any atom is 0.335 e. The molecule has 4 rings (SSSR count). The molecular formula is C39H51F2NO15. The highest BCUT2D eigenvalue weighted by Crippen LogP contribution is 2.35. The molecule has 1 saturated heterocycles. The van der Waals surface area contributed by atoms with Crippen molar-refractivity contribution in [2.45, 2.75) is 74.8 Å². The van der Waals surface area contributed by atoms with Crippen molar-refractivity contribution in [1.82, 2.24) is 0 Å². The van der Waals surface area contributed by atoms with Gasteiger partial charge >= 0.3 is 5.97 Å². The average Bonchev–Trinajstić information content (AvgIpc) is 3.21. The SMILES string of the molecule is C#CO.CO.O=CC(CCC(OC1OC(C(=O)O)C(O)C(O)C1O)c1ccc(F)cc1)C(Nc1ccc(F)cc1)c1ccc(OC(O)CCCO)cc1.OCCO. The molecule has 0 aliphatic carbocycles. The number of hydrogen-bond acceptors (Lipinski definition) is 15. The molecule has 0 amide bonds. The van der Waals surface area contributed by atoms with Crippen LogP contribution in [0.5, 0.6) is 5.75 Å². The first-order valence-corrected chi connectivity index (χ1v) is 17.5. The van der Waals surface area contributed by atoms with Gasteiger partial charge in [0.05, 0.1) is 25.4 Å². The summed E-state index contributed by atoms with van der Waals surface area (Å²) < 4.78 is 44.2. The fourth-order valence-electron chi connectivity index (χ4n) is 5.37. The Bertz CT molecular complexity index is 1580. The summed E-state index contributed by atoms with van der Waals surface area (Å²) in [6, 6.07) is 16.6. The second-order valence-electron chi connectivity index (χ2n) is 12.0. The van der Waals surface area contributed by atoms with E-state index in [9.17, 15) is 43.9 Å². The quantitative estimate of drug-likeness (QED) is 0.0492. The fourth-order valence-corrected chi connectivity index (χ4v) is 5.37. The molecule has 9 unspecified atom stereocenters. The number of ether oxygens (including phenoxy) is 3. The molecule has 0 bridgehead atoms. The minimum absolute atomic E-state index is 0.0534. The Morgan fingerprint density at radius 2 is 1.37 bits per heavy atom. The minimum atomic E-state index is -1.93. The highest BCUT2D eigenvalue weighted by molar-refractivity contribution is 5.73. The van der Waals surface area contributed by atoms with Gasteiger partial charge in [0.1, 0.15) is 48.1 Å². The summed E-state index contributed by atoms with van der Waals surface area (Å²) in [4.78, 5) is 24.3. The number of aliphatic carboxylic acids is 1. The van der Waals surface area contributed by atoms with Crippen LogP contribution in [0.2, 0.25) is 0 Å². The van der Waals surface area contributed by atoms with Gasteiger partial charge in [-0.15, -0.1) is 0 Å². The van der Waals surface area contributed by atoms with E-state index >= 15 is 0 Å². The molecule has 16 nitrogen and oxygen atoms in total. The van der Waals surface area contributed by atoms with Crippen molar-refractivity contribution in [2.75, 3.05) is 32.2 Å². The Kier molecular flexibility index (Phi) is 24.5. The zero-order valence-electron chi connectivity index (χ0n) is 31.0. The Hall–Kier alpha value is -4.78. The summed E-state index contributed by atoms with van der Waals surface area (Å²) in [5.41, 5.74) is 1.53. The van der Waals surface area contributed by atoms with Crippen molar-refractivity contribution < 1.29 is 83.6 Å². The van der Waals surface area contributed by atoms with Crippen LogP contribution >= 0.6 is 0 Å². The monoisotopic (exact) mass is 811 g/mol. The van der Waals surface area contributed by atoms with Gasteiger partial charge in [0.25, 0.3) is 0 Å². The molecule has 0 aromatic heterocycles. The van der Waals surface area contributed by atoms with Crippen LogP contribution in [-0.2, 0) is 19.1 Å². The van der Waals surface area contributed by atoms with Crippen LogP contribution in [0.1, 0.15) is 49.0 Å². The second kappa shape index (κ2) is 27.8. The Morgan fingerprint density at radius 1 is 0.842 bits per heavy atom. The number of aldehydes is 1. The van der Waals surface area contributed by atoms with E-state index in [0.29, 0.717) is 29.0 Å². The number of carboxylic acids is 1. The van der Waals surface area contributed by atoms with E-state index in [1.54, 1.807) is 24.3 Å². The van der Waals surface area contributed by atoms with Crippen LogP contribution in [0.3, 0.4) is 0 Å². The van der Waals surface area contributed by atoms with Crippen LogP contribution in [0, 0.1) is 30.1 Å². The van der Waals surface area contributed by atoms with Crippen molar-refractivity contribution in [3.63, 3.8) is 0 Å². The molecular weight excluding hydrogens is 760 g/mol. The van der Waals surface area contributed by atoms with E-state index in [0.717, 1.165) is 13.4 Å². The Morgan fingerprint density at radius 3 is 1.86 bits per heavy atom. The molecule has 1 fully saturated rings. The van der Waals surface area contributed by atoms with Gasteiger partial charge in [-0.1, -0.05) is 30.7 Å². The zero-order valence-corrected chi connectivity index (χ0v) is 31.0. The average molecular weight is 812 g/mol. The Labute approximate surface area is 328 Å². The second-order valence-corrected chi connectivity index (χ2v) is 12.0. The van der Waals surface area contributed by atoms with Crippen LogP contribution in [-0.4, -0.2) is 127 Å². The van der Waals surface area contributed by atoms with Gasteiger partial charge < -0.3 is 75.4 Å². The minimum Gasteiger partial charge on any atom is -0.479 e. The maximum atomic E-state index is 13.8. The summed E-state index contributed by atoms with van der Waals surface area (Å²) in [6.07, 6.45) is -4.58. The smallest absolute Gasteiger partial charge is 0.335 e. The molecule has 0 spiro atoms. The predicted octanol–water partition coefficient (Wildman–Crippen LogP) is 1.36. The van der Waals surface area contributed by atoms with Gasteiger partial charge in [0, 0.05) is 31.7 Å².